The van der Waals surface area contributed by atoms with Crippen LogP contribution in [0.5, 0.6) is 0 Å². The third-order valence-corrected chi connectivity index (χ3v) is 3.06. The van der Waals surface area contributed by atoms with E-state index in [-0.39, 0.29) is 24.4 Å². The van der Waals surface area contributed by atoms with Crippen molar-refractivity contribution in [3.63, 3.8) is 0 Å². The Morgan fingerprint density at radius 2 is 1.60 bits per heavy atom. The van der Waals surface area contributed by atoms with Gasteiger partial charge in [-0.3, -0.25) is 20.2 Å². The highest BCUT2D eigenvalue weighted by atomic mass is 16.5. The smallest absolute Gasteiger partial charge is 0.302 e. The van der Waals surface area contributed by atoms with Gasteiger partial charge in [0, 0.05) is 12.6 Å². The molecule has 8 heteroatoms. The van der Waals surface area contributed by atoms with Crippen LogP contribution in [0.4, 0.5) is 5.69 Å². The topological polar surface area (TPSA) is 123 Å². The number of carbonyl (C=O) groups excluding carboxylic acids is 3. The van der Waals surface area contributed by atoms with Crippen molar-refractivity contribution in [3.8, 4) is 0 Å². The SMILES string of the molecule is CC.CC(=O)OCc1ccc(NC(=O)C(C)NC(=O)C(C)NN)cc1. The number of anilines is 1. The number of esters is 1. The summed E-state index contributed by atoms with van der Waals surface area (Å²) in [7, 11) is 0. The number of hydrogen-bond donors (Lipinski definition) is 4. The van der Waals surface area contributed by atoms with Gasteiger partial charge in [0.15, 0.2) is 0 Å². The lowest BCUT2D eigenvalue weighted by Crippen LogP contribution is -2.50. The fraction of sp³-hybridized carbons (Fsp3) is 0.471. The molecule has 140 valence electrons. The van der Waals surface area contributed by atoms with E-state index in [9.17, 15) is 14.4 Å². The van der Waals surface area contributed by atoms with Gasteiger partial charge in [-0.05, 0) is 31.5 Å². The standard InChI is InChI=1S/C15H22N4O4.C2H6/c1-9(17-15(22)10(2)19-16)14(21)18-13-6-4-12(5-7-13)8-23-11(3)20;1-2/h4-7,9-10,19H,8,16H2,1-3H3,(H,17,22)(H,18,21);1-2H3. The van der Waals surface area contributed by atoms with Crippen molar-refractivity contribution in [2.24, 2.45) is 5.84 Å². The van der Waals surface area contributed by atoms with Gasteiger partial charge in [0.25, 0.3) is 0 Å². The third-order valence-electron chi connectivity index (χ3n) is 3.06. The molecule has 1 aromatic rings. The Labute approximate surface area is 148 Å². The zero-order valence-electron chi connectivity index (χ0n) is 15.4. The highest BCUT2D eigenvalue weighted by molar-refractivity contribution is 5.97. The minimum Gasteiger partial charge on any atom is -0.461 e. The molecule has 0 aromatic heterocycles. The first-order valence-corrected chi connectivity index (χ1v) is 8.13. The van der Waals surface area contributed by atoms with Crippen molar-refractivity contribution in [1.82, 2.24) is 10.7 Å². The van der Waals surface area contributed by atoms with Crippen LogP contribution in [0.15, 0.2) is 24.3 Å². The molecule has 2 unspecified atom stereocenters. The number of nitrogens with one attached hydrogen (secondary N) is 3. The third kappa shape index (κ3) is 8.83. The summed E-state index contributed by atoms with van der Waals surface area (Å²) in [6.07, 6.45) is 0. The van der Waals surface area contributed by atoms with Crippen molar-refractivity contribution in [2.45, 2.75) is 53.3 Å². The fourth-order valence-corrected chi connectivity index (χ4v) is 1.60. The molecule has 2 amide bonds. The van der Waals surface area contributed by atoms with Gasteiger partial charge in [0.05, 0.1) is 6.04 Å². The Kier molecular flexibility index (Phi) is 10.8. The number of carbonyl (C=O) groups is 3. The number of ether oxygens (including phenoxy) is 1. The summed E-state index contributed by atoms with van der Waals surface area (Å²) >= 11 is 0. The maximum atomic E-state index is 12.0. The molecule has 0 saturated heterocycles. The lowest BCUT2D eigenvalue weighted by atomic mass is 10.2. The Bertz CT molecular complexity index is 560. The molecule has 0 aliphatic heterocycles. The van der Waals surface area contributed by atoms with E-state index < -0.39 is 12.1 Å². The van der Waals surface area contributed by atoms with Crippen LogP contribution in [-0.2, 0) is 25.7 Å². The van der Waals surface area contributed by atoms with E-state index in [1.54, 1.807) is 38.1 Å². The Balaban J connectivity index is 0.00000277. The molecule has 2 atom stereocenters. The average Bonchev–Trinajstić information content (AvgIpc) is 2.61. The first kappa shape index (κ1) is 22.6. The fourth-order valence-electron chi connectivity index (χ4n) is 1.60. The van der Waals surface area contributed by atoms with Crippen LogP contribution < -0.4 is 21.9 Å². The molecular formula is C17H28N4O4. The maximum Gasteiger partial charge on any atom is 0.302 e. The zero-order chi connectivity index (χ0) is 19.4. The molecule has 0 aliphatic carbocycles. The highest BCUT2D eigenvalue weighted by Gasteiger charge is 2.18. The normalized spacial score (nSPS) is 12.1. The molecule has 0 bridgehead atoms. The molecule has 0 radical (unpaired) electrons. The molecule has 0 spiro atoms. The van der Waals surface area contributed by atoms with E-state index >= 15 is 0 Å². The Morgan fingerprint density at radius 1 is 1.04 bits per heavy atom. The quantitative estimate of drug-likeness (QED) is 0.331. The number of benzene rings is 1. The van der Waals surface area contributed by atoms with E-state index in [1.807, 2.05) is 13.8 Å². The summed E-state index contributed by atoms with van der Waals surface area (Å²) in [6, 6.07) is 5.56. The summed E-state index contributed by atoms with van der Waals surface area (Å²) in [6.45, 7) is 8.68. The van der Waals surface area contributed by atoms with Crippen LogP contribution in [-0.4, -0.2) is 29.9 Å². The highest BCUT2D eigenvalue weighted by Crippen LogP contribution is 2.11. The van der Waals surface area contributed by atoms with Crippen LogP contribution in [0.25, 0.3) is 0 Å². The second-order valence-corrected chi connectivity index (χ2v) is 5.09. The number of hydrogen-bond acceptors (Lipinski definition) is 6. The number of hydrazine groups is 1. The lowest BCUT2D eigenvalue weighted by Gasteiger charge is -2.17. The number of amides is 2. The lowest BCUT2D eigenvalue weighted by molar-refractivity contribution is -0.142. The number of rotatable bonds is 7. The van der Waals surface area contributed by atoms with Gasteiger partial charge in [0.2, 0.25) is 11.8 Å². The largest absolute Gasteiger partial charge is 0.461 e. The van der Waals surface area contributed by atoms with Crippen LogP contribution in [0.1, 0.15) is 40.2 Å². The van der Waals surface area contributed by atoms with Gasteiger partial charge in [-0.1, -0.05) is 26.0 Å². The maximum absolute atomic E-state index is 12.0. The van der Waals surface area contributed by atoms with Crippen molar-refractivity contribution in [1.29, 1.82) is 0 Å². The molecule has 1 rings (SSSR count). The summed E-state index contributed by atoms with van der Waals surface area (Å²) < 4.78 is 4.87. The van der Waals surface area contributed by atoms with Gasteiger partial charge in [0.1, 0.15) is 12.6 Å². The molecule has 0 heterocycles. The van der Waals surface area contributed by atoms with E-state index in [0.29, 0.717) is 5.69 Å². The second-order valence-electron chi connectivity index (χ2n) is 5.09. The predicted octanol–water partition coefficient (Wildman–Crippen LogP) is 1.07. The van der Waals surface area contributed by atoms with Crippen LogP contribution >= 0.6 is 0 Å². The second kappa shape index (κ2) is 12.0. The minimum absolute atomic E-state index is 0.181. The van der Waals surface area contributed by atoms with Crippen LogP contribution in [0, 0.1) is 0 Å². The molecule has 0 aliphatic rings. The molecule has 1 aromatic carbocycles. The monoisotopic (exact) mass is 352 g/mol. The minimum atomic E-state index is -0.709. The molecule has 5 N–H and O–H groups in total. The Morgan fingerprint density at radius 3 is 2.08 bits per heavy atom. The summed E-state index contributed by atoms with van der Waals surface area (Å²) in [5.74, 6) is 4.09. The molecular weight excluding hydrogens is 324 g/mol. The van der Waals surface area contributed by atoms with Crippen molar-refractivity contribution < 1.29 is 19.1 Å². The first-order chi connectivity index (χ1) is 11.8. The van der Waals surface area contributed by atoms with E-state index in [4.69, 9.17) is 10.6 Å². The average molecular weight is 352 g/mol. The molecule has 8 nitrogen and oxygen atoms in total. The van der Waals surface area contributed by atoms with E-state index in [0.717, 1.165) is 5.56 Å². The molecule has 0 fully saturated rings. The summed E-state index contributed by atoms with van der Waals surface area (Å²) in [5, 5.41) is 5.23. The van der Waals surface area contributed by atoms with Gasteiger partial charge in [-0.2, -0.15) is 0 Å². The molecule has 25 heavy (non-hydrogen) atoms. The van der Waals surface area contributed by atoms with Crippen molar-refractivity contribution in [2.75, 3.05) is 5.32 Å². The summed E-state index contributed by atoms with van der Waals surface area (Å²) in [4.78, 5) is 34.4. The van der Waals surface area contributed by atoms with Gasteiger partial charge in [-0.25, -0.2) is 5.43 Å². The van der Waals surface area contributed by atoms with Gasteiger partial charge >= 0.3 is 5.97 Å². The molecule has 0 saturated carbocycles. The Hall–Kier alpha value is -2.45. The number of nitrogens with two attached hydrogens (primary N) is 1. The van der Waals surface area contributed by atoms with Crippen molar-refractivity contribution in [3.05, 3.63) is 29.8 Å². The predicted molar refractivity (Wildman–Crippen MR) is 96.3 cm³/mol. The van der Waals surface area contributed by atoms with E-state index in [1.165, 1.54) is 6.92 Å². The van der Waals surface area contributed by atoms with Crippen LogP contribution in [0.2, 0.25) is 0 Å². The van der Waals surface area contributed by atoms with Gasteiger partial charge in [-0.15, -0.1) is 0 Å². The van der Waals surface area contributed by atoms with E-state index in [2.05, 4.69) is 16.1 Å². The van der Waals surface area contributed by atoms with Crippen molar-refractivity contribution >= 4 is 23.5 Å². The van der Waals surface area contributed by atoms with Gasteiger partial charge < -0.3 is 15.4 Å². The van der Waals surface area contributed by atoms with Crippen LogP contribution in [0.3, 0.4) is 0 Å². The first-order valence-electron chi connectivity index (χ1n) is 8.13. The summed E-state index contributed by atoms with van der Waals surface area (Å²) in [5.41, 5.74) is 3.69. The zero-order valence-corrected chi connectivity index (χ0v) is 15.4.